The van der Waals surface area contributed by atoms with Gasteiger partial charge in [0.1, 0.15) is 11.5 Å². The van der Waals surface area contributed by atoms with Gasteiger partial charge in [0.15, 0.2) is 0 Å². The van der Waals surface area contributed by atoms with Crippen LogP contribution in [0.4, 0.5) is 0 Å². The number of esters is 2. The Morgan fingerprint density at radius 2 is 2.10 bits per heavy atom. The SMILES string of the molecule is CCOC(=O)c1[nH]c(C)c(C(=O)OC)c1-c1ccco1. The van der Waals surface area contributed by atoms with Gasteiger partial charge in [0.25, 0.3) is 0 Å². The molecular formula is C14H15NO5. The van der Waals surface area contributed by atoms with Crippen LogP contribution in [-0.2, 0) is 9.47 Å². The van der Waals surface area contributed by atoms with Gasteiger partial charge < -0.3 is 18.9 Å². The average molecular weight is 277 g/mol. The molecule has 0 aliphatic carbocycles. The summed E-state index contributed by atoms with van der Waals surface area (Å²) < 4.78 is 15.0. The third kappa shape index (κ3) is 2.32. The number of ether oxygens (including phenoxy) is 2. The van der Waals surface area contributed by atoms with Crippen LogP contribution in [0.25, 0.3) is 11.3 Å². The molecule has 2 heterocycles. The summed E-state index contributed by atoms with van der Waals surface area (Å²) in [5.74, 6) is -0.685. The van der Waals surface area contributed by atoms with Crippen LogP contribution in [0.1, 0.15) is 33.5 Å². The second-order valence-corrected chi connectivity index (χ2v) is 4.06. The molecule has 0 fully saturated rings. The van der Waals surface area contributed by atoms with E-state index < -0.39 is 11.9 Å². The fourth-order valence-electron chi connectivity index (χ4n) is 2.01. The van der Waals surface area contributed by atoms with Crippen molar-refractivity contribution in [3.05, 3.63) is 35.3 Å². The number of carbonyl (C=O) groups excluding carboxylic acids is 2. The Balaban J connectivity index is 2.64. The predicted octanol–water partition coefficient (Wildman–Crippen LogP) is 2.55. The second-order valence-electron chi connectivity index (χ2n) is 4.06. The van der Waals surface area contributed by atoms with E-state index in [0.717, 1.165) is 0 Å². The predicted molar refractivity (Wildman–Crippen MR) is 70.5 cm³/mol. The molecule has 0 atom stereocenters. The Kier molecular flexibility index (Phi) is 3.93. The topological polar surface area (TPSA) is 81.5 Å². The van der Waals surface area contributed by atoms with Crippen molar-refractivity contribution in [2.24, 2.45) is 0 Å². The van der Waals surface area contributed by atoms with Crippen LogP contribution in [0.15, 0.2) is 22.8 Å². The van der Waals surface area contributed by atoms with Gasteiger partial charge in [-0.25, -0.2) is 9.59 Å². The van der Waals surface area contributed by atoms with Gasteiger partial charge in [-0.15, -0.1) is 0 Å². The Morgan fingerprint density at radius 3 is 2.65 bits per heavy atom. The number of nitrogens with one attached hydrogen (secondary N) is 1. The number of H-pyrrole nitrogens is 1. The number of hydrogen-bond donors (Lipinski definition) is 1. The molecular weight excluding hydrogens is 262 g/mol. The zero-order valence-electron chi connectivity index (χ0n) is 11.5. The number of rotatable bonds is 4. The van der Waals surface area contributed by atoms with Gasteiger partial charge in [0.05, 0.1) is 31.1 Å². The van der Waals surface area contributed by atoms with E-state index in [4.69, 9.17) is 13.9 Å². The number of hydrogen-bond acceptors (Lipinski definition) is 5. The molecule has 0 bridgehead atoms. The molecule has 0 aromatic carbocycles. The van der Waals surface area contributed by atoms with Crippen LogP contribution < -0.4 is 0 Å². The summed E-state index contributed by atoms with van der Waals surface area (Å²) >= 11 is 0. The van der Waals surface area contributed by atoms with E-state index >= 15 is 0 Å². The van der Waals surface area contributed by atoms with Gasteiger partial charge in [0, 0.05) is 5.69 Å². The second kappa shape index (κ2) is 5.64. The Labute approximate surface area is 115 Å². The van der Waals surface area contributed by atoms with Crippen molar-refractivity contribution in [2.45, 2.75) is 13.8 Å². The molecule has 20 heavy (non-hydrogen) atoms. The van der Waals surface area contributed by atoms with E-state index in [1.54, 1.807) is 26.0 Å². The number of carbonyl (C=O) groups is 2. The quantitative estimate of drug-likeness (QED) is 0.868. The number of aromatic nitrogens is 1. The molecule has 1 N–H and O–H groups in total. The molecule has 6 heteroatoms. The minimum absolute atomic E-state index is 0.180. The highest BCUT2D eigenvalue weighted by molar-refractivity contribution is 6.05. The summed E-state index contributed by atoms with van der Waals surface area (Å²) in [7, 11) is 1.28. The molecule has 6 nitrogen and oxygen atoms in total. The lowest BCUT2D eigenvalue weighted by atomic mass is 10.1. The fourth-order valence-corrected chi connectivity index (χ4v) is 2.01. The highest BCUT2D eigenvalue weighted by atomic mass is 16.5. The normalized spacial score (nSPS) is 10.3. The molecule has 0 saturated heterocycles. The highest BCUT2D eigenvalue weighted by Gasteiger charge is 2.28. The smallest absolute Gasteiger partial charge is 0.355 e. The maximum atomic E-state index is 12.0. The van der Waals surface area contributed by atoms with Crippen molar-refractivity contribution >= 4 is 11.9 Å². The molecule has 0 amide bonds. The highest BCUT2D eigenvalue weighted by Crippen LogP contribution is 2.31. The third-order valence-electron chi connectivity index (χ3n) is 2.82. The zero-order chi connectivity index (χ0) is 14.7. The summed E-state index contributed by atoms with van der Waals surface area (Å²) in [6, 6.07) is 3.34. The van der Waals surface area contributed by atoms with Crippen molar-refractivity contribution in [2.75, 3.05) is 13.7 Å². The minimum Gasteiger partial charge on any atom is -0.465 e. The number of furan rings is 1. The molecule has 0 aliphatic heterocycles. The van der Waals surface area contributed by atoms with Crippen molar-refractivity contribution in [3.8, 4) is 11.3 Å². The Hall–Kier alpha value is -2.50. The maximum absolute atomic E-state index is 12.0. The molecule has 0 saturated carbocycles. The van der Waals surface area contributed by atoms with Gasteiger partial charge in [-0.3, -0.25) is 0 Å². The summed E-state index contributed by atoms with van der Waals surface area (Å²) in [5.41, 5.74) is 1.33. The van der Waals surface area contributed by atoms with Gasteiger partial charge >= 0.3 is 11.9 Å². The summed E-state index contributed by atoms with van der Waals surface area (Å²) in [5, 5.41) is 0. The lowest BCUT2D eigenvalue weighted by molar-refractivity contribution is 0.0520. The maximum Gasteiger partial charge on any atom is 0.355 e. The van der Waals surface area contributed by atoms with Gasteiger partial charge in [-0.2, -0.15) is 0 Å². The number of methoxy groups -OCH3 is 1. The number of aryl methyl sites for hydroxylation is 1. The molecule has 2 rings (SSSR count). The summed E-state index contributed by atoms with van der Waals surface area (Å²) in [6.07, 6.45) is 1.47. The van der Waals surface area contributed by atoms with Crippen molar-refractivity contribution in [1.29, 1.82) is 0 Å². The van der Waals surface area contributed by atoms with E-state index in [1.165, 1.54) is 13.4 Å². The third-order valence-corrected chi connectivity index (χ3v) is 2.82. The van der Waals surface area contributed by atoms with Crippen molar-refractivity contribution < 1.29 is 23.5 Å². The zero-order valence-corrected chi connectivity index (χ0v) is 11.5. The first kappa shape index (κ1) is 13.9. The first-order valence-corrected chi connectivity index (χ1v) is 6.12. The van der Waals surface area contributed by atoms with E-state index in [2.05, 4.69) is 4.98 Å². The van der Waals surface area contributed by atoms with Crippen LogP contribution >= 0.6 is 0 Å². The molecule has 0 unspecified atom stereocenters. The van der Waals surface area contributed by atoms with E-state index in [9.17, 15) is 9.59 Å². The Morgan fingerprint density at radius 1 is 1.35 bits per heavy atom. The molecule has 2 aromatic heterocycles. The lowest BCUT2D eigenvalue weighted by Gasteiger charge is -2.04. The summed E-state index contributed by atoms with van der Waals surface area (Å²) in [6.45, 7) is 3.63. The lowest BCUT2D eigenvalue weighted by Crippen LogP contribution is -2.08. The van der Waals surface area contributed by atoms with Crippen LogP contribution in [-0.4, -0.2) is 30.6 Å². The van der Waals surface area contributed by atoms with Gasteiger partial charge in [0.2, 0.25) is 0 Å². The molecule has 0 aliphatic rings. The first-order valence-electron chi connectivity index (χ1n) is 6.12. The van der Waals surface area contributed by atoms with E-state index in [1.807, 2.05) is 0 Å². The molecule has 0 radical (unpaired) electrons. The van der Waals surface area contributed by atoms with Crippen molar-refractivity contribution in [1.82, 2.24) is 4.98 Å². The van der Waals surface area contributed by atoms with E-state index in [-0.39, 0.29) is 17.9 Å². The van der Waals surface area contributed by atoms with Crippen molar-refractivity contribution in [3.63, 3.8) is 0 Å². The monoisotopic (exact) mass is 277 g/mol. The van der Waals surface area contributed by atoms with Crippen LogP contribution in [0.3, 0.4) is 0 Å². The first-order chi connectivity index (χ1) is 9.60. The van der Waals surface area contributed by atoms with Crippen LogP contribution in [0.2, 0.25) is 0 Å². The molecule has 106 valence electrons. The fraction of sp³-hybridized carbons (Fsp3) is 0.286. The van der Waals surface area contributed by atoms with E-state index in [0.29, 0.717) is 17.0 Å². The average Bonchev–Trinajstić information content (AvgIpc) is 3.05. The largest absolute Gasteiger partial charge is 0.465 e. The minimum atomic E-state index is -0.544. The van der Waals surface area contributed by atoms with Gasteiger partial charge in [-0.1, -0.05) is 0 Å². The van der Waals surface area contributed by atoms with Crippen LogP contribution in [0.5, 0.6) is 0 Å². The molecule has 2 aromatic rings. The summed E-state index contributed by atoms with van der Waals surface area (Å²) in [4.78, 5) is 26.8. The standard InChI is InChI=1S/C14H15NO5/c1-4-19-14(17)12-11(9-6-5-7-20-9)10(8(2)15-12)13(16)18-3/h5-7,15H,4H2,1-3H3. The van der Waals surface area contributed by atoms with Crippen LogP contribution in [0, 0.1) is 6.92 Å². The Bertz CT molecular complexity index is 624. The van der Waals surface area contributed by atoms with Gasteiger partial charge in [-0.05, 0) is 26.0 Å². The number of aromatic amines is 1. The molecule has 0 spiro atoms.